The van der Waals surface area contributed by atoms with Gasteiger partial charge in [-0.3, -0.25) is 19.3 Å². The van der Waals surface area contributed by atoms with E-state index in [0.29, 0.717) is 33.4 Å². The van der Waals surface area contributed by atoms with E-state index in [9.17, 15) is 14.4 Å². The molecule has 0 atom stereocenters. The van der Waals surface area contributed by atoms with E-state index in [0.717, 1.165) is 4.90 Å². The van der Waals surface area contributed by atoms with Gasteiger partial charge in [0.05, 0.1) is 12.0 Å². The maximum absolute atomic E-state index is 13.1. The molecule has 1 aliphatic heterocycles. The first kappa shape index (κ1) is 20.6. The first-order valence-corrected chi connectivity index (χ1v) is 10.1. The van der Waals surface area contributed by atoms with Gasteiger partial charge in [-0.1, -0.05) is 30.3 Å². The number of nitrogens with zero attached hydrogens (tertiary/aromatic N) is 1. The number of esters is 1. The molecule has 31 heavy (non-hydrogen) atoms. The van der Waals surface area contributed by atoms with Crippen LogP contribution in [0, 0.1) is 5.41 Å². The Hall–Kier alpha value is -3.67. The standard InChI is InChI=1S/C25H23NO5/c1-25(2,3)24(29)30-15-14-26-22(27)18-11-7-10-17-20(31-16-8-5-4-6-9-16)13-12-19(21(17)18)23(26)28/h4-13H,14-15H2,1-3H3. The molecule has 0 N–H and O–H groups in total. The van der Waals surface area contributed by atoms with E-state index in [2.05, 4.69) is 0 Å². The maximum atomic E-state index is 13.1. The highest BCUT2D eigenvalue weighted by Crippen LogP contribution is 2.37. The van der Waals surface area contributed by atoms with Crippen LogP contribution in [-0.2, 0) is 9.53 Å². The lowest BCUT2D eigenvalue weighted by Gasteiger charge is -2.28. The SMILES string of the molecule is CC(C)(C)C(=O)OCCN1C(=O)c2cccc3c(Oc4ccccc4)ccc(c23)C1=O. The van der Waals surface area contributed by atoms with E-state index < -0.39 is 17.2 Å². The number of ether oxygens (including phenoxy) is 2. The number of benzene rings is 3. The van der Waals surface area contributed by atoms with Gasteiger partial charge in [-0.15, -0.1) is 0 Å². The number of carbonyl (C=O) groups is 3. The van der Waals surface area contributed by atoms with Crippen molar-refractivity contribution in [3.63, 3.8) is 0 Å². The molecule has 0 fully saturated rings. The van der Waals surface area contributed by atoms with Gasteiger partial charge in [0.15, 0.2) is 0 Å². The van der Waals surface area contributed by atoms with Gasteiger partial charge in [-0.05, 0) is 51.1 Å². The number of rotatable bonds is 5. The van der Waals surface area contributed by atoms with Crippen molar-refractivity contribution in [2.24, 2.45) is 5.41 Å². The zero-order valence-electron chi connectivity index (χ0n) is 17.7. The Morgan fingerprint density at radius 3 is 2.23 bits per heavy atom. The van der Waals surface area contributed by atoms with Crippen molar-refractivity contribution in [1.29, 1.82) is 0 Å². The molecule has 1 aliphatic rings. The van der Waals surface area contributed by atoms with Gasteiger partial charge in [-0.25, -0.2) is 0 Å². The van der Waals surface area contributed by atoms with Gasteiger partial charge in [0.2, 0.25) is 0 Å². The van der Waals surface area contributed by atoms with Crippen LogP contribution in [0.4, 0.5) is 0 Å². The molecule has 0 saturated heterocycles. The summed E-state index contributed by atoms with van der Waals surface area (Å²) in [5.41, 5.74) is 0.198. The summed E-state index contributed by atoms with van der Waals surface area (Å²) in [4.78, 5) is 39.3. The lowest BCUT2D eigenvalue weighted by molar-refractivity contribution is -0.153. The van der Waals surface area contributed by atoms with Crippen LogP contribution in [0.5, 0.6) is 11.5 Å². The summed E-state index contributed by atoms with van der Waals surface area (Å²) in [6.07, 6.45) is 0. The lowest BCUT2D eigenvalue weighted by Crippen LogP contribution is -2.42. The van der Waals surface area contributed by atoms with Gasteiger partial charge in [0.25, 0.3) is 11.8 Å². The summed E-state index contributed by atoms with van der Waals surface area (Å²) in [5.74, 6) is 0.0343. The number of imide groups is 1. The largest absolute Gasteiger partial charge is 0.463 e. The van der Waals surface area contributed by atoms with Gasteiger partial charge < -0.3 is 9.47 Å². The van der Waals surface area contributed by atoms with Crippen molar-refractivity contribution >= 4 is 28.6 Å². The van der Waals surface area contributed by atoms with Gasteiger partial charge >= 0.3 is 5.97 Å². The summed E-state index contributed by atoms with van der Waals surface area (Å²) in [6, 6.07) is 18.0. The Morgan fingerprint density at radius 1 is 0.871 bits per heavy atom. The summed E-state index contributed by atoms with van der Waals surface area (Å²) >= 11 is 0. The van der Waals surface area contributed by atoms with Crippen LogP contribution in [0.3, 0.4) is 0 Å². The molecule has 158 valence electrons. The number of para-hydroxylation sites is 1. The monoisotopic (exact) mass is 417 g/mol. The van der Waals surface area contributed by atoms with Crippen molar-refractivity contribution in [3.05, 3.63) is 71.8 Å². The second kappa shape index (κ2) is 7.87. The number of hydrogen-bond donors (Lipinski definition) is 0. The quantitative estimate of drug-likeness (QED) is 0.440. The fraction of sp³-hybridized carbons (Fsp3) is 0.240. The van der Waals surface area contributed by atoms with Crippen molar-refractivity contribution in [2.75, 3.05) is 13.2 Å². The highest BCUT2D eigenvalue weighted by atomic mass is 16.5. The second-order valence-corrected chi connectivity index (χ2v) is 8.40. The Balaban J connectivity index is 1.63. The Morgan fingerprint density at radius 2 is 1.55 bits per heavy atom. The van der Waals surface area contributed by atoms with Crippen molar-refractivity contribution in [2.45, 2.75) is 20.8 Å². The van der Waals surface area contributed by atoms with Crippen LogP contribution < -0.4 is 4.74 Å². The first-order valence-electron chi connectivity index (χ1n) is 10.1. The minimum atomic E-state index is -0.650. The minimum Gasteiger partial charge on any atom is -0.463 e. The summed E-state index contributed by atoms with van der Waals surface area (Å²) in [6.45, 7) is 5.20. The molecule has 0 spiro atoms. The van der Waals surface area contributed by atoms with E-state index >= 15 is 0 Å². The minimum absolute atomic E-state index is 0.00240. The Labute approximate surface area is 180 Å². The first-order chi connectivity index (χ1) is 14.8. The molecule has 3 aromatic carbocycles. The summed E-state index contributed by atoms with van der Waals surface area (Å²) < 4.78 is 11.2. The zero-order valence-corrected chi connectivity index (χ0v) is 17.7. The van der Waals surface area contributed by atoms with Crippen molar-refractivity contribution < 1.29 is 23.9 Å². The van der Waals surface area contributed by atoms with Crippen LogP contribution in [0.1, 0.15) is 41.5 Å². The molecule has 1 heterocycles. The van der Waals surface area contributed by atoms with Crippen LogP contribution in [0.15, 0.2) is 60.7 Å². The normalized spacial score (nSPS) is 13.5. The van der Waals surface area contributed by atoms with E-state index in [1.807, 2.05) is 36.4 Å². The van der Waals surface area contributed by atoms with Crippen LogP contribution in [0.2, 0.25) is 0 Å². The second-order valence-electron chi connectivity index (χ2n) is 8.40. The van der Waals surface area contributed by atoms with Gasteiger partial charge in [0.1, 0.15) is 18.1 Å². The molecule has 0 saturated carbocycles. The van der Waals surface area contributed by atoms with Crippen LogP contribution >= 0.6 is 0 Å². The Kier molecular flexibility index (Phi) is 5.23. The molecule has 3 aromatic rings. The zero-order chi connectivity index (χ0) is 22.2. The molecule has 0 bridgehead atoms. The average Bonchev–Trinajstić information content (AvgIpc) is 2.75. The molecule has 6 nitrogen and oxygen atoms in total. The predicted molar refractivity (Wildman–Crippen MR) is 116 cm³/mol. The van der Waals surface area contributed by atoms with Gasteiger partial charge in [0, 0.05) is 21.9 Å². The summed E-state index contributed by atoms with van der Waals surface area (Å²) in [5, 5.41) is 1.27. The molecule has 0 radical (unpaired) electrons. The molecule has 4 rings (SSSR count). The third-order valence-corrected chi connectivity index (χ3v) is 5.08. The smallest absolute Gasteiger partial charge is 0.311 e. The molecule has 0 unspecified atom stereocenters. The lowest BCUT2D eigenvalue weighted by atomic mass is 9.93. The highest BCUT2D eigenvalue weighted by molar-refractivity contribution is 6.26. The maximum Gasteiger partial charge on any atom is 0.311 e. The third-order valence-electron chi connectivity index (χ3n) is 5.08. The third kappa shape index (κ3) is 3.89. The average molecular weight is 417 g/mol. The van der Waals surface area contributed by atoms with E-state index in [1.165, 1.54) is 0 Å². The van der Waals surface area contributed by atoms with Crippen molar-refractivity contribution in [1.82, 2.24) is 4.90 Å². The topological polar surface area (TPSA) is 72.9 Å². The Bertz CT molecular complexity index is 1160. The molecular weight excluding hydrogens is 394 g/mol. The van der Waals surface area contributed by atoms with Gasteiger partial charge in [-0.2, -0.15) is 0 Å². The number of carbonyl (C=O) groups excluding carboxylic acids is 3. The fourth-order valence-electron chi connectivity index (χ4n) is 3.47. The number of hydrogen-bond acceptors (Lipinski definition) is 5. The fourth-order valence-corrected chi connectivity index (χ4v) is 3.47. The van der Waals surface area contributed by atoms with E-state index in [4.69, 9.17) is 9.47 Å². The molecule has 6 heteroatoms. The molecular formula is C25H23NO5. The van der Waals surface area contributed by atoms with Crippen molar-refractivity contribution in [3.8, 4) is 11.5 Å². The number of amides is 2. The van der Waals surface area contributed by atoms with E-state index in [-0.39, 0.29) is 19.1 Å². The molecule has 0 aromatic heterocycles. The van der Waals surface area contributed by atoms with Crippen LogP contribution in [0.25, 0.3) is 10.8 Å². The van der Waals surface area contributed by atoms with Crippen LogP contribution in [-0.4, -0.2) is 35.8 Å². The predicted octanol–water partition coefficient (Wildman–Crippen LogP) is 4.82. The molecule has 0 aliphatic carbocycles. The molecule has 2 amide bonds. The van der Waals surface area contributed by atoms with E-state index in [1.54, 1.807) is 45.0 Å². The highest BCUT2D eigenvalue weighted by Gasteiger charge is 2.34. The summed E-state index contributed by atoms with van der Waals surface area (Å²) in [7, 11) is 0.